The van der Waals surface area contributed by atoms with Gasteiger partial charge in [0.15, 0.2) is 4.34 Å². The Balaban J connectivity index is 1.36. The fourth-order valence-electron chi connectivity index (χ4n) is 2.51. The number of aromatic nitrogens is 1. The van der Waals surface area contributed by atoms with Crippen LogP contribution in [0.4, 0.5) is 5.69 Å². The number of hydrazone groups is 1. The average Bonchev–Trinajstić information content (AvgIpc) is 3.23. The summed E-state index contributed by atoms with van der Waals surface area (Å²) in [4.78, 5) is 28.8. The predicted octanol–water partition coefficient (Wildman–Crippen LogP) is 3.26. The third-order valence-corrected chi connectivity index (χ3v) is 5.84. The summed E-state index contributed by atoms with van der Waals surface area (Å²) in [7, 11) is 0. The molecule has 1 aliphatic rings. The van der Waals surface area contributed by atoms with Crippen molar-refractivity contribution in [2.75, 3.05) is 10.8 Å². The zero-order chi connectivity index (χ0) is 17.9. The summed E-state index contributed by atoms with van der Waals surface area (Å²) >= 11 is 2.94. The van der Waals surface area contributed by atoms with Crippen LogP contribution >= 0.6 is 23.1 Å². The van der Waals surface area contributed by atoms with Crippen LogP contribution in [0.3, 0.4) is 0 Å². The molecule has 130 valence electrons. The quantitative estimate of drug-likeness (QED) is 0.703. The second-order valence-corrected chi connectivity index (χ2v) is 7.80. The van der Waals surface area contributed by atoms with E-state index in [-0.39, 0.29) is 24.0 Å². The molecular weight excluding hydrogens is 368 g/mol. The highest BCUT2D eigenvalue weighted by Crippen LogP contribution is 2.29. The standard InChI is InChI=1S/C18H14N4O2S2/c23-16(11-25-18-19-13-8-4-5-9-14(13)26-18)20-15-10-17(24)22(21-15)12-6-2-1-3-7-12/h1-9H,10-11H2,(H,20,21,23). The Hall–Kier alpha value is -2.71. The second kappa shape index (κ2) is 7.27. The summed E-state index contributed by atoms with van der Waals surface area (Å²) in [6, 6.07) is 17.0. The molecule has 26 heavy (non-hydrogen) atoms. The maximum atomic E-state index is 12.2. The van der Waals surface area contributed by atoms with Crippen LogP contribution in [-0.4, -0.2) is 28.4 Å². The lowest BCUT2D eigenvalue weighted by Gasteiger charge is -2.10. The summed E-state index contributed by atoms with van der Waals surface area (Å²) in [5.41, 5.74) is 1.62. The van der Waals surface area contributed by atoms with E-state index < -0.39 is 0 Å². The van der Waals surface area contributed by atoms with E-state index in [1.807, 2.05) is 42.5 Å². The van der Waals surface area contributed by atoms with E-state index in [0.29, 0.717) is 11.5 Å². The van der Waals surface area contributed by atoms with E-state index in [9.17, 15) is 9.59 Å². The summed E-state index contributed by atoms with van der Waals surface area (Å²) in [6.07, 6.45) is 0.0897. The molecule has 0 radical (unpaired) electrons. The number of carbonyl (C=O) groups excluding carboxylic acids is 2. The number of rotatable bonds is 4. The smallest absolute Gasteiger partial charge is 0.255 e. The van der Waals surface area contributed by atoms with Gasteiger partial charge in [-0.3, -0.25) is 9.59 Å². The Morgan fingerprint density at radius 3 is 2.73 bits per heavy atom. The van der Waals surface area contributed by atoms with E-state index in [2.05, 4.69) is 15.4 Å². The van der Waals surface area contributed by atoms with Crippen molar-refractivity contribution in [3.05, 3.63) is 54.6 Å². The van der Waals surface area contributed by atoms with Crippen LogP contribution in [0, 0.1) is 0 Å². The zero-order valence-electron chi connectivity index (χ0n) is 13.6. The minimum absolute atomic E-state index is 0.0897. The molecule has 2 amide bonds. The van der Waals surface area contributed by atoms with Gasteiger partial charge in [-0.05, 0) is 24.3 Å². The summed E-state index contributed by atoms with van der Waals surface area (Å²) in [5.74, 6) is 0.230. The van der Waals surface area contributed by atoms with Crippen molar-refractivity contribution in [2.45, 2.75) is 10.8 Å². The minimum atomic E-state index is -0.198. The van der Waals surface area contributed by atoms with Gasteiger partial charge in [0.1, 0.15) is 5.84 Å². The maximum absolute atomic E-state index is 12.2. The van der Waals surface area contributed by atoms with E-state index >= 15 is 0 Å². The Morgan fingerprint density at radius 2 is 1.92 bits per heavy atom. The highest BCUT2D eigenvalue weighted by Gasteiger charge is 2.26. The molecule has 1 aromatic heterocycles. The molecule has 1 aliphatic heterocycles. The number of para-hydroxylation sites is 2. The molecule has 0 aliphatic carbocycles. The number of hydrogen-bond acceptors (Lipinski definition) is 6. The van der Waals surface area contributed by atoms with Gasteiger partial charge >= 0.3 is 0 Å². The maximum Gasteiger partial charge on any atom is 0.255 e. The summed E-state index contributed by atoms with van der Waals surface area (Å²) in [5, 5.41) is 8.25. The molecule has 0 unspecified atom stereocenters. The molecule has 6 nitrogen and oxygen atoms in total. The molecule has 2 aromatic carbocycles. The number of amides is 2. The lowest BCUT2D eigenvalue weighted by Crippen LogP contribution is -2.31. The predicted molar refractivity (Wildman–Crippen MR) is 104 cm³/mol. The third-order valence-electron chi connectivity index (χ3n) is 3.66. The topological polar surface area (TPSA) is 74.7 Å². The van der Waals surface area contributed by atoms with Crippen molar-refractivity contribution in [2.24, 2.45) is 5.10 Å². The van der Waals surface area contributed by atoms with E-state index in [4.69, 9.17) is 0 Å². The lowest BCUT2D eigenvalue weighted by molar-refractivity contribution is -0.117. The number of carbonyl (C=O) groups is 2. The Morgan fingerprint density at radius 1 is 1.15 bits per heavy atom. The molecule has 0 bridgehead atoms. The molecule has 2 heterocycles. The van der Waals surface area contributed by atoms with Crippen molar-refractivity contribution in [1.29, 1.82) is 0 Å². The summed E-state index contributed by atoms with van der Waals surface area (Å²) < 4.78 is 1.94. The Kier molecular flexibility index (Phi) is 4.68. The molecule has 1 N–H and O–H groups in total. The van der Waals surface area contributed by atoms with Crippen molar-refractivity contribution in [3.63, 3.8) is 0 Å². The van der Waals surface area contributed by atoms with Crippen molar-refractivity contribution in [3.8, 4) is 0 Å². The number of anilines is 1. The van der Waals surface area contributed by atoms with Gasteiger partial charge in [-0.1, -0.05) is 42.1 Å². The molecule has 0 spiro atoms. The van der Waals surface area contributed by atoms with Gasteiger partial charge in [-0.25, -0.2) is 4.98 Å². The largest absolute Gasteiger partial charge is 0.312 e. The van der Waals surface area contributed by atoms with E-state index in [1.165, 1.54) is 16.8 Å². The number of benzene rings is 2. The first-order chi connectivity index (χ1) is 12.7. The van der Waals surface area contributed by atoms with Gasteiger partial charge in [0.2, 0.25) is 5.91 Å². The number of hydrogen-bond donors (Lipinski definition) is 1. The van der Waals surface area contributed by atoms with Gasteiger partial charge in [0, 0.05) is 0 Å². The van der Waals surface area contributed by atoms with Gasteiger partial charge in [0.25, 0.3) is 5.91 Å². The first-order valence-electron chi connectivity index (χ1n) is 7.93. The van der Waals surface area contributed by atoms with Gasteiger partial charge in [-0.2, -0.15) is 10.1 Å². The van der Waals surface area contributed by atoms with Crippen LogP contribution in [0.15, 0.2) is 64.0 Å². The highest BCUT2D eigenvalue weighted by molar-refractivity contribution is 8.01. The number of nitrogens with one attached hydrogen (secondary N) is 1. The first kappa shape index (κ1) is 16.7. The number of nitrogens with zero attached hydrogens (tertiary/aromatic N) is 3. The zero-order valence-corrected chi connectivity index (χ0v) is 15.2. The minimum Gasteiger partial charge on any atom is -0.312 e. The average molecular weight is 382 g/mol. The normalized spacial score (nSPS) is 13.9. The number of fused-ring (bicyclic) bond motifs is 1. The molecule has 0 fully saturated rings. The molecule has 4 rings (SSSR count). The molecule has 8 heteroatoms. The van der Waals surface area contributed by atoms with Crippen LogP contribution in [0.1, 0.15) is 6.42 Å². The van der Waals surface area contributed by atoms with E-state index in [1.54, 1.807) is 23.5 Å². The molecule has 0 atom stereocenters. The molecule has 0 saturated heterocycles. The fourth-order valence-corrected chi connectivity index (χ4v) is 4.38. The van der Waals surface area contributed by atoms with Crippen LogP contribution in [0.2, 0.25) is 0 Å². The number of thioether (sulfide) groups is 1. The van der Waals surface area contributed by atoms with Crippen LogP contribution in [0.25, 0.3) is 10.2 Å². The Labute approximate surface area is 157 Å². The molecule has 3 aromatic rings. The lowest BCUT2D eigenvalue weighted by atomic mass is 10.3. The van der Waals surface area contributed by atoms with Crippen molar-refractivity contribution < 1.29 is 9.59 Å². The highest BCUT2D eigenvalue weighted by atomic mass is 32.2. The van der Waals surface area contributed by atoms with Crippen molar-refractivity contribution in [1.82, 2.24) is 10.3 Å². The van der Waals surface area contributed by atoms with Gasteiger partial charge < -0.3 is 5.32 Å². The summed E-state index contributed by atoms with van der Waals surface area (Å²) in [6.45, 7) is 0. The van der Waals surface area contributed by atoms with Crippen molar-refractivity contribution >= 4 is 56.7 Å². The second-order valence-electron chi connectivity index (χ2n) is 5.55. The SMILES string of the molecule is O=C(CSc1nc2ccccc2s1)NC1=NN(c2ccccc2)C(=O)C1. The van der Waals surface area contributed by atoms with Gasteiger partial charge in [-0.15, -0.1) is 11.3 Å². The van der Waals surface area contributed by atoms with Crippen LogP contribution in [-0.2, 0) is 9.59 Å². The van der Waals surface area contributed by atoms with Gasteiger partial charge in [0.05, 0.1) is 28.1 Å². The number of thiazole rings is 1. The van der Waals surface area contributed by atoms with Crippen LogP contribution in [0.5, 0.6) is 0 Å². The fraction of sp³-hybridized carbons (Fsp3) is 0.111. The monoisotopic (exact) mass is 382 g/mol. The first-order valence-corrected chi connectivity index (χ1v) is 9.73. The number of amidine groups is 1. The van der Waals surface area contributed by atoms with E-state index in [0.717, 1.165) is 14.6 Å². The van der Waals surface area contributed by atoms with Crippen LogP contribution < -0.4 is 10.3 Å². The molecular formula is C18H14N4O2S2. The Bertz CT molecular complexity index is 968. The third kappa shape index (κ3) is 3.61. The molecule has 0 saturated carbocycles.